The summed E-state index contributed by atoms with van der Waals surface area (Å²) in [6.07, 6.45) is 0. The molecule has 5 nitrogen and oxygen atoms in total. The molecule has 2 heterocycles. The summed E-state index contributed by atoms with van der Waals surface area (Å²) < 4.78 is 16.5. The van der Waals surface area contributed by atoms with Gasteiger partial charge < -0.3 is 10.9 Å². The number of ether oxygens (including phenoxy) is 2. The molecule has 1 aliphatic rings. The van der Waals surface area contributed by atoms with Crippen molar-refractivity contribution in [2.24, 2.45) is 4.99 Å². The zero-order valence-electron chi connectivity index (χ0n) is 24.3. The predicted octanol–water partition coefficient (Wildman–Crippen LogP) is 7.16. The summed E-state index contributed by atoms with van der Waals surface area (Å²) >= 11 is 17.1. The van der Waals surface area contributed by atoms with Crippen molar-refractivity contribution in [2.75, 3.05) is 14.2 Å². The Morgan fingerprint density at radius 2 is 1.40 bits per heavy atom. The van der Waals surface area contributed by atoms with Gasteiger partial charge in [-0.2, -0.15) is 5.10 Å². The minimum atomic E-state index is 0. The normalized spacial score (nSPS) is 11.3. The number of aliphatic imine (C=N–C) groups is 1. The van der Waals surface area contributed by atoms with Gasteiger partial charge in [0, 0.05) is 25.8 Å². The van der Waals surface area contributed by atoms with Gasteiger partial charge in [-0.3, -0.25) is 9.67 Å². The summed E-state index contributed by atoms with van der Waals surface area (Å²) in [7, 11) is 3.33. The minimum Gasteiger partial charge on any atom is -1.00 e. The van der Waals surface area contributed by atoms with Crippen LogP contribution in [0.3, 0.4) is 0 Å². The SMILES string of the molecule is Brc1ccc2c(c1)CN=C2I.COc1ccc(CCl)cc1.COc1ccc(Cn2nc(I)c3ccc(Br)cc32)cc1.[H-].[Na+]. The maximum absolute atomic E-state index is 5.58. The van der Waals surface area contributed by atoms with Gasteiger partial charge in [0.2, 0.25) is 0 Å². The van der Waals surface area contributed by atoms with Crippen molar-refractivity contribution in [2.45, 2.75) is 19.0 Å². The summed E-state index contributed by atoms with van der Waals surface area (Å²) in [6.45, 7) is 1.59. The molecule has 42 heavy (non-hydrogen) atoms. The average Bonchev–Trinajstić information content (AvgIpc) is 3.51. The van der Waals surface area contributed by atoms with Crippen LogP contribution in [0.4, 0.5) is 0 Å². The first-order chi connectivity index (χ1) is 19.8. The topological polar surface area (TPSA) is 48.6 Å². The fourth-order valence-corrected chi connectivity index (χ4v) is 6.33. The fourth-order valence-electron chi connectivity index (χ4n) is 3.98. The van der Waals surface area contributed by atoms with Crippen LogP contribution in [-0.2, 0) is 19.0 Å². The van der Waals surface area contributed by atoms with Crippen molar-refractivity contribution in [3.05, 3.63) is 120 Å². The van der Waals surface area contributed by atoms with Crippen LogP contribution >= 0.6 is 88.6 Å². The fraction of sp³-hybridized carbons (Fsp3) is 0.161. The van der Waals surface area contributed by atoms with Gasteiger partial charge >= 0.3 is 29.6 Å². The van der Waals surface area contributed by atoms with Crippen molar-refractivity contribution >= 4 is 103 Å². The molecule has 0 N–H and O–H groups in total. The van der Waals surface area contributed by atoms with Crippen LogP contribution in [0, 0.1) is 3.70 Å². The van der Waals surface area contributed by atoms with Crippen LogP contribution in [-0.4, -0.2) is 27.7 Å². The number of hydrogen-bond donors (Lipinski definition) is 0. The molecule has 0 aliphatic carbocycles. The predicted molar refractivity (Wildman–Crippen MR) is 194 cm³/mol. The molecule has 0 atom stereocenters. The van der Waals surface area contributed by atoms with Crippen molar-refractivity contribution in [1.29, 1.82) is 0 Å². The van der Waals surface area contributed by atoms with Crippen molar-refractivity contribution < 1.29 is 40.5 Å². The second kappa shape index (κ2) is 17.7. The Hall–Kier alpha value is -0.670. The summed E-state index contributed by atoms with van der Waals surface area (Å²) in [5, 5.41) is 5.80. The first kappa shape index (κ1) is 35.8. The third-order valence-electron chi connectivity index (χ3n) is 6.15. The van der Waals surface area contributed by atoms with Gasteiger partial charge in [-0.25, -0.2) is 0 Å². The van der Waals surface area contributed by atoms with Gasteiger partial charge in [0.05, 0.1) is 32.8 Å². The molecule has 6 rings (SSSR count). The average molecular weight is 946 g/mol. The molecule has 0 spiro atoms. The molecule has 0 unspecified atom stereocenters. The van der Waals surface area contributed by atoms with E-state index in [1.165, 1.54) is 22.1 Å². The molecular weight excluding hydrogens is 918 g/mol. The van der Waals surface area contributed by atoms with Crippen molar-refractivity contribution in [3.8, 4) is 11.5 Å². The number of benzene rings is 4. The minimum absolute atomic E-state index is 0. The quantitative estimate of drug-likeness (QED) is 0.107. The molecule has 0 fully saturated rings. The monoisotopic (exact) mass is 943 g/mol. The van der Waals surface area contributed by atoms with Gasteiger partial charge in [0.15, 0.2) is 0 Å². The largest absolute Gasteiger partial charge is 1.00 e. The van der Waals surface area contributed by atoms with E-state index in [0.717, 1.165) is 52.0 Å². The molecule has 0 saturated carbocycles. The molecule has 11 heteroatoms. The van der Waals surface area contributed by atoms with Gasteiger partial charge in [0.25, 0.3) is 0 Å². The summed E-state index contributed by atoms with van der Waals surface area (Å²) in [5.74, 6) is 2.30. The smallest absolute Gasteiger partial charge is 1.00 e. The Balaban J connectivity index is 0.000000240. The van der Waals surface area contributed by atoms with Crippen LogP contribution in [0.25, 0.3) is 10.9 Å². The number of nitrogens with zero attached hydrogens (tertiary/aromatic N) is 3. The van der Waals surface area contributed by atoms with Crippen LogP contribution < -0.4 is 39.0 Å². The molecule has 5 aromatic rings. The third-order valence-corrected chi connectivity index (χ3v) is 9.17. The number of fused-ring (bicyclic) bond motifs is 2. The molecule has 0 saturated heterocycles. The molecule has 0 amide bonds. The summed E-state index contributed by atoms with van der Waals surface area (Å²) in [4.78, 5) is 4.33. The van der Waals surface area contributed by atoms with Gasteiger partial charge in [-0.15, -0.1) is 11.6 Å². The first-order valence-corrected chi connectivity index (χ1v) is 16.7. The van der Waals surface area contributed by atoms with E-state index in [-0.39, 0.29) is 31.0 Å². The van der Waals surface area contributed by atoms with Gasteiger partial charge in [-0.1, -0.05) is 62.2 Å². The van der Waals surface area contributed by atoms with E-state index in [0.29, 0.717) is 5.88 Å². The maximum Gasteiger partial charge on any atom is 1.00 e. The Morgan fingerprint density at radius 3 is 2.00 bits per heavy atom. The van der Waals surface area contributed by atoms with E-state index in [1.54, 1.807) is 14.2 Å². The number of methoxy groups -OCH3 is 2. The number of aromatic nitrogens is 2. The zero-order chi connectivity index (χ0) is 29.4. The summed E-state index contributed by atoms with van der Waals surface area (Å²) in [6, 6.07) is 28.3. The van der Waals surface area contributed by atoms with E-state index in [9.17, 15) is 0 Å². The zero-order valence-corrected chi connectivity index (χ0v) is 33.5. The van der Waals surface area contributed by atoms with Crippen LogP contribution in [0.5, 0.6) is 11.5 Å². The molecule has 214 valence electrons. The van der Waals surface area contributed by atoms with Crippen molar-refractivity contribution in [1.82, 2.24) is 9.78 Å². The Labute approximate surface area is 319 Å². The second-order valence-electron chi connectivity index (χ2n) is 8.85. The number of halogens is 5. The van der Waals surface area contributed by atoms with E-state index >= 15 is 0 Å². The van der Waals surface area contributed by atoms with Crippen LogP contribution in [0.2, 0.25) is 0 Å². The maximum atomic E-state index is 5.58. The molecule has 0 bridgehead atoms. The number of hydrogen-bond acceptors (Lipinski definition) is 4. The third kappa shape index (κ3) is 9.92. The Morgan fingerprint density at radius 1 is 0.833 bits per heavy atom. The van der Waals surface area contributed by atoms with E-state index < -0.39 is 0 Å². The molecular formula is C31H27Br2ClI2N3NaO2. The molecule has 0 radical (unpaired) electrons. The van der Waals surface area contributed by atoms with E-state index in [2.05, 4.69) is 130 Å². The Bertz CT molecular complexity index is 1630. The van der Waals surface area contributed by atoms with Gasteiger partial charge in [0.1, 0.15) is 18.9 Å². The second-order valence-corrected chi connectivity index (χ2v) is 13.0. The van der Waals surface area contributed by atoms with Crippen LogP contribution in [0.1, 0.15) is 23.7 Å². The first-order valence-electron chi connectivity index (χ1n) is 12.4. The van der Waals surface area contributed by atoms with Gasteiger partial charge in [-0.05, 0) is 116 Å². The Kier molecular flexibility index (Phi) is 15.1. The van der Waals surface area contributed by atoms with Crippen molar-refractivity contribution in [3.63, 3.8) is 0 Å². The standard InChI is InChI=1S/C15H12BrIN2O.C8H5BrIN.C8H9ClO.Na.H/c1-20-12-5-2-10(3-6-12)9-19-14-8-11(16)4-7-13(14)15(17)18-19;9-6-1-2-7-5(3-6)4-11-8(7)10;1-10-8-4-2-7(6-9)3-5-8;;/h2-8H,9H2,1H3;1-3H,4H2;2-5H,6H2,1H3;;/q;;;+1;-1. The van der Waals surface area contributed by atoms with E-state index in [4.69, 9.17) is 21.1 Å². The van der Waals surface area contributed by atoms with Crippen LogP contribution in [0.15, 0.2) is 98.9 Å². The number of rotatable bonds is 5. The molecule has 4 aromatic carbocycles. The summed E-state index contributed by atoms with van der Waals surface area (Å²) in [5.41, 5.74) is 6.06. The number of alkyl halides is 1. The van der Waals surface area contributed by atoms with E-state index in [1.807, 2.05) is 47.1 Å². The molecule has 1 aliphatic heterocycles. The molecule has 1 aromatic heterocycles.